The molecule has 3 heterocycles. The highest BCUT2D eigenvalue weighted by molar-refractivity contribution is 7.99. The van der Waals surface area contributed by atoms with Gasteiger partial charge in [-0.25, -0.2) is 24.1 Å². The number of pyridine rings is 1. The van der Waals surface area contributed by atoms with Gasteiger partial charge in [-0.1, -0.05) is 30.8 Å². The minimum atomic E-state index is -0.485. The van der Waals surface area contributed by atoms with Crippen molar-refractivity contribution in [1.82, 2.24) is 25.2 Å². The molecule has 0 saturated carbocycles. The first-order valence-corrected chi connectivity index (χ1v) is 12.0. The highest BCUT2D eigenvalue weighted by Crippen LogP contribution is 2.26. The molecule has 9 nitrogen and oxygen atoms in total. The number of carbonyl (C=O) groups excluding carboxylic acids is 2. The molecule has 2 amide bonds. The van der Waals surface area contributed by atoms with E-state index in [1.807, 2.05) is 32.0 Å². The molecule has 4 rings (SSSR count). The van der Waals surface area contributed by atoms with Gasteiger partial charge in [-0.05, 0) is 50.1 Å². The topological polar surface area (TPSA) is 115 Å². The van der Waals surface area contributed by atoms with Gasteiger partial charge in [-0.3, -0.25) is 4.79 Å². The van der Waals surface area contributed by atoms with Crippen LogP contribution < -0.4 is 16.2 Å². The number of benzene rings is 1. The minimum absolute atomic E-state index is 0.203. The highest BCUT2D eigenvalue weighted by Gasteiger charge is 2.31. The number of fused-ring (bicyclic) bond motifs is 1. The van der Waals surface area contributed by atoms with Crippen molar-refractivity contribution in [3.63, 3.8) is 0 Å². The smallest absolute Gasteiger partial charge is 0.337 e. The van der Waals surface area contributed by atoms with Gasteiger partial charge in [0.25, 0.3) is 5.56 Å². The maximum absolute atomic E-state index is 13.4. The van der Waals surface area contributed by atoms with Crippen molar-refractivity contribution in [2.45, 2.75) is 38.4 Å². The standard InChI is InChI=1S/C24H25N5O4S/c1-4-16-20(22(31)33-5-2)18(27-23(32)26-16)13-34-24-28-17-9-7-6-8-15(17)21(30)29(24)19-12-14(3)10-11-25-19/h6-12,16H,4-5,13H2,1-3H3,(H2,26,27,32). The summed E-state index contributed by atoms with van der Waals surface area (Å²) in [5.74, 6) is 0.169. The molecule has 2 aromatic heterocycles. The number of thioether (sulfide) groups is 1. The molecule has 34 heavy (non-hydrogen) atoms. The van der Waals surface area contributed by atoms with Crippen LogP contribution in [0.5, 0.6) is 0 Å². The summed E-state index contributed by atoms with van der Waals surface area (Å²) in [6.45, 7) is 5.75. The molecule has 10 heteroatoms. The predicted molar refractivity (Wildman–Crippen MR) is 130 cm³/mol. The van der Waals surface area contributed by atoms with Crippen molar-refractivity contribution in [2.24, 2.45) is 0 Å². The van der Waals surface area contributed by atoms with Crippen LogP contribution in [-0.4, -0.2) is 44.9 Å². The number of amides is 2. The van der Waals surface area contributed by atoms with Crippen LogP contribution in [0.3, 0.4) is 0 Å². The Kier molecular flexibility index (Phi) is 6.97. The Balaban J connectivity index is 1.81. The lowest BCUT2D eigenvalue weighted by Gasteiger charge is -2.28. The van der Waals surface area contributed by atoms with E-state index in [0.29, 0.717) is 39.6 Å². The van der Waals surface area contributed by atoms with Gasteiger partial charge >= 0.3 is 12.0 Å². The van der Waals surface area contributed by atoms with Crippen LogP contribution in [-0.2, 0) is 9.53 Å². The molecule has 0 fully saturated rings. The van der Waals surface area contributed by atoms with Crippen LogP contribution in [0, 0.1) is 6.92 Å². The summed E-state index contributed by atoms with van der Waals surface area (Å²) in [5.41, 5.74) is 2.07. The van der Waals surface area contributed by atoms with Crippen LogP contribution in [0.1, 0.15) is 25.8 Å². The third-order valence-corrected chi connectivity index (χ3v) is 6.33. The van der Waals surface area contributed by atoms with Crippen molar-refractivity contribution in [3.05, 3.63) is 69.8 Å². The van der Waals surface area contributed by atoms with E-state index >= 15 is 0 Å². The molecule has 3 aromatic rings. The zero-order chi connectivity index (χ0) is 24.2. The van der Waals surface area contributed by atoms with Crippen molar-refractivity contribution < 1.29 is 14.3 Å². The van der Waals surface area contributed by atoms with Crippen LogP contribution in [0.15, 0.2) is 63.8 Å². The van der Waals surface area contributed by atoms with Crippen LogP contribution in [0.4, 0.5) is 4.79 Å². The summed E-state index contributed by atoms with van der Waals surface area (Å²) >= 11 is 1.24. The third kappa shape index (κ3) is 4.67. The van der Waals surface area contributed by atoms with Gasteiger partial charge < -0.3 is 15.4 Å². The number of rotatable bonds is 7. The average Bonchev–Trinajstić information content (AvgIpc) is 2.82. The molecular formula is C24H25N5O4S. The Bertz CT molecular complexity index is 1350. The summed E-state index contributed by atoms with van der Waals surface area (Å²) in [7, 11) is 0. The van der Waals surface area contributed by atoms with E-state index in [2.05, 4.69) is 15.6 Å². The molecule has 176 valence electrons. The first-order valence-electron chi connectivity index (χ1n) is 11.0. The number of aryl methyl sites for hydroxylation is 1. The lowest BCUT2D eigenvalue weighted by Crippen LogP contribution is -2.50. The largest absolute Gasteiger partial charge is 0.463 e. The Hall–Kier alpha value is -3.66. The van der Waals surface area contributed by atoms with Gasteiger partial charge in [0.15, 0.2) is 5.16 Å². The number of nitrogens with zero attached hydrogens (tertiary/aromatic N) is 3. The summed E-state index contributed by atoms with van der Waals surface area (Å²) < 4.78 is 6.70. The highest BCUT2D eigenvalue weighted by atomic mass is 32.2. The number of aromatic nitrogens is 3. The number of urea groups is 1. The first kappa shape index (κ1) is 23.5. The SMILES string of the molecule is CCOC(=O)C1=C(CSc2nc3ccccc3c(=O)n2-c2cc(C)ccn2)NC(=O)NC1CC. The van der Waals surface area contributed by atoms with Crippen LogP contribution in [0.25, 0.3) is 16.7 Å². The third-order valence-electron chi connectivity index (χ3n) is 5.37. The fraction of sp³-hybridized carbons (Fsp3) is 0.292. The number of hydrogen-bond donors (Lipinski definition) is 2. The van der Waals surface area contributed by atoms with E-state index < -0.39 is 12.0 Å². The second kappa shape index (κ2) is 10.1. The molecule has 1 aliphatic rings. The zero-order valence-corrected chi connectivity index (χ0v) is 19.9. The number of ether oxygens (including phenoxy) is 1. The molecule has 0 saturated heterocycles. The van der Waals surface area contributed by atoms with E-state index in [4.69, 9.17) is 9.72 Å². The Morgan fingerprint density at radius 1 is 1.21 bits per heavy atom. The number of nitrogens with one attached hydrogen (secondary N) is 2. The molecule has 1 unspecified atom stereocenters. The maximum atomic E-state index is 13.4. The van der Waals surface area contributed by atoms with Gasteiger partial charge in [0.2, 0.25) is 0 Å². The van der Waals surface area contributed by atoms with Gasteiger partial charge in [0, 0.05) is 17.6 Å². The summed E-state index contributed by atoms with van der Waals surface area (Å²) in [5, 5.41) is 6.38. The molecular weight excluding hydrogens is 454 g/mol. The molecule has 1 aromatic carbocycles. The monoisotopic (exact) mass is 479 g/mol. The first-order chi connectivity index (χ1) is 16.4. The molecule has 0 aliphatic carbocycles. The second-order valence-corrected chi connectivity index (χ2v) is 8.65. The summed E-state index contributed by atoms with van der Waals surface area (Å²) in [6.07, 6.45) is 2.17. The Labute approximate surface area is 200 Å². The molecule has 1 aliphatic heterocycles. The molecule has 2 N–H and O–H groups in total. The predicted octanol–water partition coefficient (Wildman–Crippen LogP) is 3.09. The Morgan fingerprint density at radius 3 is 2.74 bits per heavy atom. The van der Waals surface area contributed by atoms with Crippen molar-refractivity contribution >= 4 is 34.7 Å². The van der Waals surface area contributed by atoms with E-state index in [9.17, 15) is 14.4 Å². The van der Waals surface area contributed by atoms with E-state index in [0.717, 1.165) is 5.56 Å². The van der Waals surface area contributed by atoms with Crippen LogP contribution >= 0.6 is 11.8 Å². The lowest BCUT2D eigenvalue weighted by atomic mass is 10.0. The van der Waals surface area contributed by atoms with E-state index in [1.165, 1.54) is 16.3 Å². The number of hydrogen-bond acceptors (Lipinski definition) is 7. The summed E-state index contributed by atoms with van der Waals surface area (Å²) in [6, 6.07) is 9.92. The van der Waals surface area contributed by atoms with Crippen molar-refractivity contribution in [1.29, 1.82) is 0 Å². The van der Waals surface area contributed by atoms with Crippen molar-refractivity contribution in [3.8, 4) is 5.82 Å². The second-order valence-electron chi connectivity index (χ2n) is 7.70. The summed E-state index contributed by atoms with van der Waals surface area (Å²) in [4.78, 5) is 47.4. The normalized spacial score (nSPS) is 15.7. The minimum Gasteiger partial charge on any atom is -0.463 e. The van der Waals surface area contributed by atoms with Gasteiger partial charge in [0.05, 0.1) is 29.1 Å². The fourth-order valence-corrected chi connectivity index (χ4v) is 4.74. The lowest BCUT2D eigenvalue weighted by molar-refractivity contribution is -0.139. The van der Waals surface area contributed by atoms with E-state index in [-0.39, 0.29) is 24.0 Å². The van der Waals surface area contributed by atoms with Gasteiger partial charge in [-0.2, -0.15) is 0 Å². The average molecular weight is 480 g/mol. The maximum Gasteiger partial charge on any atom is 0.337 e. The Morgan fingerprint density at radius 2 is 2.00 bits per heavy atom. The van der Waals surface area contributed by atoms with Gasteiger partial charge in [0.1, 0.15) is 5.82 Å². The fourth-order valence-electron chi connectivity index (χ4n) is 3.77. The number of carbonyl (C=O) groups is 2. The molecule has 0 spiro atoms. The number of para-hydroxylation sites is 1. The zero-order valence-electron chi connectivity index (χ0n) is 19.1. The van der Waals surface area contributed by atoms with Crippen LogP contribution in [0.2, 0.25) is 0 Å². The van der Waals surface area contributed by atoms with E-state index in [1.54, 1.807) is 31.3 Å². The molecule has 0 radical (unpaired) electrons. The molecule has 0 bridgehead atoms. The number of esters is 1. The van der Waals surface area contributed by atoms with Gasteiger partial charge in [-0.15, -0.1) is 0 Å². The molecule has 1 atom stereocenters. The quantitative estimate of drug-likeness (QED) is 0.304. The van der Waals surface area contributed by atoms with Crippen molar-refractivity contribution in [2.75, 3.05) is 12.4 Å².